The van der Waals surface area contributed by atoms with Gasteiger partial charge in [0.25, 0.3) is 5.91 Å². The molecule has 0 saturated carbocycles. The lowest BCUT2D eigenvalue weighted by molar-refractivity contribution is 0.0947. The molecule has 0 heterocycles. The van der Waals surface area contributed by atoms with Crippen molar-refractivity contribution in [1.29, 1.82) is 0 Å². The largest absolute Gasteiger partial charge is 0.350 e. The smallest absolute Gasteiger partial charge is 0.254 e. The molecule has 0 fully saturated rings. The fourth-order valence-electron chi connectivity index (χ4n) is 1.92. The third kappa shape index (κ3) is 3.42. The molecular formula is C16H17FN2O. The van der Waals surface area contributed by atoms with Crippen LogP contribution in [0.4, 0.5) is 4.39 Å². The van der Waals surface area contributed by atoms with Crippen LogP contribution in [0.3, 0.4) is 0 Å². The Hall–Kier alpha value is -2.20. The molecule has 0 spiro atoms. The molecule has 2 aromatic carbocycles. The number of nitrogens with two attached hydrogens (primary N) is 1. The molecule has 0 aliphatic rings. The Labute approximate surface area is 117 Å². The van der Waals surface area contributed by atoms with Gasteiger partial charge in [-0.2, -0.15) is 0 Å². The van der Waals surface area contributed by atoms with Crippen LogP contribution < -0.4 is 11.1 Å². The average Bonchev–Trinajstić information content (AvgIpc) is 2.45. The lowest BCUT2D eigenvalue weighted by atomic mass is 10.1. The fourth-order valence-corrected chi connectivity index (χ4v) is 1.92. The topological polar surface area (TPSA) is 55.1 Å². The van der Waals surface area contributed by atoms with Crippen molar-refractivity contribution in [3.05, 3.63) is 71.0 Å². The third-order valence-electron chi connectivity index (χ3n) is 3.08. The van der Waals surface area contributed by atoms with E-state index in [0.717, 1.165) is 11.1 Å². The van der Waals surface area contributed by atoms with E-state index in [1.54, 1.807) is 13.0 Å². The Balaban J connectivity index is 1.99. The van der Waals surface area contributed by atoms with Crippen molar-refractivity contribution in [3.8, 4) is 0 Å². The molecule has 0 aliphatic carbocycles. The Kier molecular flexibility index (Phi) is 4.48. The number of rotatable bonds is 4. The summed E-state index contributed by atoms with van der Waals surface area (Å²) < 4.78 is 13.7. The van der Waals surface area contributed by atoms with Crippen LogP contribution in [0, 0.1) is 12.7 Å². The van der Waals surface area contributed by atoms with E-state index in [1.807, 2.05) is 30.3 Å². The van der Waals surface area contributed by atoms with Gasteiger partial charge in [0.2, 0.25) is 0 Å². The number of carbonyl (C=O) groups excluding carboxylic acids is 1. The van der Waals surface area contributed by atoms with E-state index < -0.39 is 11.7 Å². The van der Waals surface area contributed by atoms with Crippen molar-refractivity contribution in [1.82, 2.24) is 5.32 Å². The van der Waals surface area contributed by atoms with E-state index >= 15 is 0 Å². The van der Waals surface area contributed by atoms with E-state index in [4.69, 9.17) is 5.73 Å². The summed E-state index contributed by atoms with van der Waals surface area (Å²) in [5.41, 5.74) is 7.72. The van der Waals surface area contributed by atoms with E-state index in [2.05, 4.69) is 5.32 Å². The second-order valence-corrected chi connectivity index (χ2v) is 4.71. The van der Waals surface area contributed by atoms with Gasteiger partial charge in [0.1, 0.15) is 5.82 Å². The minimum absolute atomic E-state index is 0.0378. The van der Waals surface area contributed by atoms with Crippen molar-refractivity contribution in [2.75, 3.05) is 6.54 Å². The highest BCUT2D eigenvalue weighted by atomic mass is 19.1. The lowest BCUT2D eigenvalue weighted by Gasteiger charge is -2.13. The summed E-state index contributed by atoms with van der Waals surface area (Å²) in [7, 11) is 0. The number of carbonyl (C=O) groups is 1. The van der Waals surface area contributed by atoms with Crippen LogP contribution in [0.5, 0.6) is 0 Å². The van der Waals surface area contributed by atoms with Crippen molar-refractivity contribution in [2.45, 2.75) is 13.0 Å². The number of nitrogens with one attached hydrogen (secondary N) is 1. The van der Waals surface area contributed by atoms with Gasteiger partial charge in [0, 0.05) is 12.6 Å². The molecule has 20 heavy (non-hydrogen) atoms. The van der Waals surface area contributed by atoms with Gasteiger partial charge in [0.05, 0.1) is 5.56 Å². The molecule has 104 valence electrons. The molecule has 0 radical (unpaired) electrons. The summed E-state index contributed by atoms with van der Waals surface area (Å²) in [6, 6.07) is 13.7. The summed E-state index contributed by atoms with van der Waals surface area (Å²) in [5, 5.41) is 2.65. The Morgan fingerprint density at radius 3 is 2.60 bits per heavy atom. The average molecular weight is 272 g/mol. The number of benzene rings is 2. The van der Waals surface area contributed by atoms with Crippen molar-refractivity contribution in [3.63, 3.8) is 0 Å². The minimum atomic E-state index is -0.518. The first-order valence-corrected chi connectivity index (χ1v) is 6.43. The van der Waals surface area contributed by atoms with Crippen LogP contribution in [-0.2, 0) is 0 Å². The van der Waals surface area contributed by atoms with Crippen molar-refractivity contribution in [2.24, 2.45) is 5.73 Å². The van der Waals surface area contributed by atoms with Gasteiger partial charge in [0.15, 0.2) is 0 Å². The first kappa shape index (κ1) is 14.2. The van der Waals surface area contributed by atoms with E-state index in [-0.39, 0.29) is 18.2 Å². The normalized spacial score (nSPS) is 11.9. The zero-order valence-electron chi connectivity index (χ0n) is 11.3. The maximum absolute atomic E-state index is 13.7. The predicted molar refractivity (Wildman–Crippen MR) is 76.8 cm³/mol. The maximum Gasteiger partial charge on any atom is 0.254 e. The number of halogens is 1. The molecule has 1 atom stereocenters. The zero-order chi connectivity index (χ0) is 14.5. The highest BCUT2D eigenvalue weighted by molar-refractivity contribution is 5.94. The van der Waals surface area contributed by atoms with Gasteiger partial charge < -0.3 is 11.1 Å². The van der Waals surface area contributed by atoms with Crippen LogP contribution in [0.25, 0.3) is 0 Å². The van der Waals surface area contributed by atoms with Crippen LogP contribution in [0.15, 0.2) is 48.5 Å². The van der Waals surface area contributed by atoms with Crippen LogP contribution in [0.1, 0.15) is 27.5 Å². The molecule has 0 aromatic heterocycles. The molecule has 0 bridgehead atoms. The van der Waals surface area contributed by atoms with E-state index in [0.29, 0.717) is 0 Å². The van der Waals surface area contributed by atoms with Gasteiger partial charge in [-0.05, 0) is 30.2 Å². The Morgan fingerprint density at radius 1 is 1.25 bits per heavy atom. The maximum atomic E-state index is 13.7. The highest BCUT2D eigenvalue weighted by Crippen LogP contribution is 2.11. The van der Waals surface area contributed by atoms with E-state index in [9.17, 15) is 9.18 Å². The van der Waals surface area contributed by atoms with Gasteiger partial charge in [-0.1, -0.05) is 36.4 Å². The van der Waals surface area contributed by atoms with Crippen LogP contribution >= 0.6 is 0 Å². The Morgan fingerprint density at radius 2 is 1.95 bits per heavy atom. The van der Waals surface area contributed by atoms with Crippen molar-refractivity contribution < 1.29 is 9.18 Å². The predicted octanol–water partition coefficient (Wildman–Crippen LogP) is 2.56. The van der Waals surface area contributed by atoms with E-state index in [1.165, 1.54) is 12.1 Å². The van der Waals surface area contributed by atoms with Crippen LogP contribution in [0.2, 0.25) is 0 Å². The fraction of sp³-hybridized carbons (Fsp3) is 0.188. The summed E-state index contributed by atoms with van der Waals surface area (Å²) >= 11 is 0. The monoisotopic (exact) mass is 272 g/mol. The molecule has 0 saturated heterocycles. The summed E-state index contributed by atoms with van der Waals surface area (Å²) in [6.07, 6.45) is 0. The van der Waals surface area contributed by atoms with Gasteiger partial charge >= 0.3 is 0 Å². The summed E-state index contributed by atoms with van der Waals surface area (Å²) in [6.45, 7) is 2.03. The third-order valence-corrected chi connectivity index (χ3v) is 3.08. The minimum Gasteiger partial charge on any atom is -0.350 e. The number of amides is 1. The first-order valence-electron chi connectivity index (χ1n) is 6.43. The molecule has 4 heteroatoms. The quantitative estimate of drug-likeness (QED) is 0.898. The Bertz CT molecular complexity index is 599. The molecular weight excluding hydrogens is 255 g/mol. The molecule has 3 nitrogen and oxygen atoms in total. The molecule has 1 amide bonds. The second-order valence-electron chi connectivity index (χ2n) is 4.71. The van der Waals surface area contributed by atoms with Gasteiger partial charge in [-0.15, -0.1) is 0 Å². The molecule has 2 aromatic rings. The number of hydrogen-bond donors (Lipinski definition) is 2. The summed E-state index contributed by atoms with van der Waals surface area (Å²) in [5.74, 6) is -0.968. The van der Waals surface area contributed by atoms with Crippen molar-refractivity contribution >= 4 is 5.91 Å². The first-order chi connectivity index (χ1) is 9.58. The number of hydrogen-bond acceptors (Lipinski definition) is 2. The molecule has 2 rings (SSSR count). The molecule has 1 unspecified atom stereocenters. The van der Waals surface area contributed by atoms with Gasteiger partial charge in [-0.25, -0.2) is 4.39 Å². The molecule has 3 N–H and O–H groups in total. The highest BCUT2D eigenvalue weighted by Gasteiger charge is 2.13. The lowest BCUT2D eigenvalue weighted by Crippen LogP contribution is -2.32. The number of aryl methyl sites for hydroxylation is 1. The standard InChI is InChI=1S/C16H17FN2O/c1-11-7-8-13(14(17)9-11)16(20)19-10-15(18)12-5-3-2-4-6-12/h2-9,15H,10,18H2,1H3,(H,19,20). The van der Waals surface area contributed by atoms with Gasteiger partial charge in [-0.3, -0.25) is 4.79 Å². The molecule has 0 aliphatic heterocycles. The second kappa shape index (κ2) is 6.30. The summed E-state index contributed by atoms with van der Waals surface area (Å²) in [4.78, 5) is 11.9. The zero-order valence-corrected chi connectivity index (χ0v) is 11.3. The van der Waals surface area contributed by atoms with Crippen LogP contribution in [-0.4, -0.2) is 12.5 Å². The SMILES string of the molecule is Cc1ccc(C(=O)NCC(N)c2ccccc2)c(F)c1.